The van der Waals surface area contributed by atoms with Gasteiger partial charge in [0.1, 0.15) is 5.76 Å². The minimum Gasteiger partial charge on any atom is -0.360 e. The number of nitrogens with zero attached hydrogens (tertiary/aromatic N) is 2. The summed E-state index contributed by atoms with van der Waals surface area (Å²) in [7, 11) is -3.31. The van der Waals surface area contributed by atoms with Crippen molar-refractivity contribution in [3.8, 4) is 0 Å². The van der Waals surface area contributed by atoms with Crippen LogP contribution in [0.4, 0.5) is 0 Å². The van der Waals surface area contributed by atoms with Gasteiger partial charge in [-0.15, -0.1) is 12.4 Å². The zero-order valence-electron chi connectivity index (χ0n) is 17.0. The highest BCUT2D eigenvalue weighted by molar-refractivity contribution is 7.89. The predicted molar refractivity (Wildman–Crippen MR) is 114 cm³/mol. The summed E-state index contributed by atoms with van der Waals surface area (Å²) in [6.07, 6.45) is 8.17. The molecule has 2 saturated heterocycles. The summed E-state index contributed by atoms with van der Waals surface area (Å²) in [5.41, 5.74) is 6.29. The largest absolute Gasteiger partial charge is 0.360 e. The number of nitrogens with one attached hydrogen (secondary N) is 1. The maximum Gasteiger partial charge on any atom is 0.273 e. The molecule has 168 valence electrons. The third kappa shape index (κ3) is 4.13. The number of hydrogen-bond acceptors (Lipinski definition) is 6. The quantitative estimate of drug-likeness (QED) is 0.698. The summed E-state index contributed by atoms with van der Waals surface area (Å²) in [5, 5.41) is 6.68. The van der Waals surface area contributed by atoms with Gasteiger partial charge in [0.05, 0.1) is 5.25 Å². The van der Waals surface area contributed by atoms with Gasteiger partial charge in [-0.3, -0.25) is 4.79 Å². The lowest BCUT2D eigenvalue weighted by atomic mass is 9.96. The molecule has 0 spiro atoms. The van der Waals surface area contributed by atoms with Gasteiger partial charge in [0.25, 0.3) is 5.91 Å². The standard InChI is InChI=1S/C20H30N4O4S.ClH/c21-13-3-7-17(8-4-13)29(26,27)24-15-5-6-16(24)10-14(9-15)22-20(25)18-11-19(28-23-18)12-1-2-12;/h11-17H,1-10,21H2,(H,22,25);1H/t13?,14-,15+,16-,17?;. The topological polar surface area (TPSA) is 119 Å². The number of amides is 1. The van der Waals surface area contributed by atoms with E-state index in [0.29, 0.717) is 37.3 Å². The van der Waals surface area contributed by atoms with Crippen molar-refractivity contribution in [3.63, 3.8) is 0 Å². The molecule has 1 amide bonds. The Balaban J connectivity index is 0.00000218. The van der Waals surface area contributed by atoms with Gasteiger partial charge in [-0.25, -0.2) is 8.42 Å². The summed E-state index contributed by atoms with van der Waals surface area (Å²) >= 11 is 0. The first-order chi connectivity index (χ1) is 13.9. The number of nitrogens with two attached hydrogens (primary N) is 1. The van der Waals surface area contributed by atoms with Crippen LogP contribution in [0.5, 0.6) is 0 Å². The number of carbonyl (C=O) groups is 1. The summed E-state index contributed by atoms with van der Waals surface area (Å²) in [5.74, 6) is 0.994. The van der Waals surface area contributed by atoms with E-state index < -0.39 is 10.0 Å². The molecule has 3 heterocycles. The Kier molecular flexibility index (Phi) is 6.18. The molecule has 1 aromatic rings. The summed E-state index contributed by atoms with van der Waals surface area (Å²) in [4.78, 5) is 12.6. The highest BCUT2D eigenvalue weighted by Gasteiger charge is 2.49. The van der Waals surface area contributed by atoms with Crippen molar-refractivity contribution >= 4 is 28.3 Å². The van der Waals surface area contributed by atoms with Crippen molar-refractivity contribution in [2.75, 3.05) is 0 Å². The molecule has 1 aromatic heterocycles. The van der Waals surface area contributed by atoms with Crippen LogP contribution in [0.1, 0.15) is 86.4 Å². The second kappa shape index (κ2) is 8.41. The van der Waals surface area contributed by atoms with Crippen molar-refractivity contribution in [2.45, 2.75) is 99.5 Å². The Hall–Kier alpha value is -1.16. The molecule has 8 nitrogen and oxygen atoms in total. The highest BCUT2D eigenvalue weighted by Crippen LogP contribution is 2.41. The lowest BCUT2D eigenvalue weighted by molar-refractivity contribution is 0.0899. The van der Waals surface area contributed by atoms with Gasteiger partial charge in [-0.2, -0.15) is 4.31 Å². The second-order valence-corrected chi connectivity index (χ2v) is 11.4. The van der Waals surface area contributed by atoms with Crippen molar-refractivity contribution in [2.24, 2.45) is 5.73 Å². The Labute approximate surface area is 183 Å². The Morgan fingerprint density at radius 3 is 2.30 bits per heavy atom. The van der Waals surface area contributed by atoms with Crippen LogP contribution in [-0.4, -0.2) is 53.2 Å². The predicted octanol–water partition coefficient (Wildman–Crippen LogP) is 2.30. The third-order valence-electron chi connectivity index (χ3n) is 7.18. The van der Waals surface area contributed by atoms with E-state index in [-0.39, 0.29) is 47.7 Å². The van der Waals surface area contributed by atoms with Crippen molar-refractivity contribution in [1.29, 1.82) is 0 Å². The van der Waals surface area contributed by atoms with Gasteiger partial charge < -0.3 is 15.6 Å². The molecule has 3 N–H and O–H groups in total. The number of sulfonamides is 1. The first kappa shape index (κ1) is 22.0. The van der Waals surface area contributed by atoms with Crippen LogP contribution in [0, 0.1) is 0 Å². The van der Waals surface area contributed by atoms with Crippen molar-refractivity contribution in [3.05, 3.63) is 17.5 Å². The van der Waals surface area contributed by atoms with Crippen molar-refractivity contribution < 1.29 is 17.7 Å². The molecular weight excluding hydrogens is 428 g/mol. The fourth-order valence-electron chi connectivity index (χ4n) is 5.44. The maximum atomic E-state index is 13.3. The van der Waals surface area contributed by atoms with Gasteiger partial charge in [-0.1, -0.05) is 5.16 Å². The minimum atomic E-state index is -3.31. The average molecular weight is 459 g/mol. The first-order valence-corrected chi connectivity index (χ1v) is 12.5. The molecule has 0 unspecified atom stereocenters. The number of aromatic nitrogens is 1. The number of carbonyl (C=O) groups excluding carboxylic acids is 1. The normalized spacial score (nSPS) is 34.4. The molecule has 10 heteroatoms. The maximum absolute atomic E-state index is 13.3. The van der Waals surface area contributed by atoms with E-state index in [9.17, 15) is 13.2 Å². The van der Waals surface area contributed by atoms with Crippen molar-refractivity contribution in [1.82, 2.24) is 14.8 Å². The van der Waals surface area contributed by atoms with Gasteiger partial charge in [0.15, 0.2) is 5.69 Å². The van der Waals surface area contributed by atoms with Gasteiger partial charge in [0.2, 0.25) is 10.0 Å². The molecule has 0 radical (unpaired) electrons. The van der Waals surface area contributed by atoms with Crippen LogP contribution in [-0.2, 0) is 10.0 Å². The third-order valence-corrected chi connectivity index (χ3v) is 9.67. The Morgan fingerprint density at radius 2 is 1.70 bits per heavy atom. The lowest BCUT2D eigenvalue weighted by Crippen LogP contribution is -2.55. The number of fused-ring (bicyclic) bond motifs is 2. The molecule has 2 aliphatic carbocycles. The van der Waals surface area contributed by atoms with E-state index in [4.69, 9.17) is 10.3 Å². The fourth-order valence-corrected chi connectivity index (χ4v) is 7.87. The molecule has 4 fully saturated rings. The fraction of sp³-hybridized carbons (Fsp3) is 0.800. The van der Waals surface area contributed by atoms with E-state index in [1.807, 2.05) is 0 Å². The molecule has 30 heavy (non-hydrogen) atoms. The number of rotatable bonds is 5. The summed E-state index contributed by atoms with van der Waals surface area (Å²) in [6.45, 7) is 0. The minimum absolute atomic E-state index is 0. The Morgan fingerprint density at radius 1 is 1.07 bits per heavy atom. The van der Waals surface area contributed by atoms with Crippen LogP contribution in [0.3, 0.4) is 0 Å². The second-order valence-electron chi connectivity index (χ2n) is 9.33. The van der Waals surface area contributed by atoms with Crippen LogP contribution >= 0.6 is 12.4 Å². The molecule has 4 aliphatic rings. The Bertz CT molecular complexity index is 865. The van der Waals surface area contributed by atoms with Crippen LogP contribution in [0.2, 0.25) is 0 Å². The monoisotopic (exact) mass is 458 g/mol. The SMILES string of the molecule is Cl.NC1CCC(S(=O)(=O)N2[C@@H]3CC[C@H]2C[C@@H](NC(=O)c2cc(C4CC4)on2)C3)CC1. The molecular formula is C20H31ClN4O4S. The summed E-state index contributed by atoms with van der Waals surface area (Å²) < 4.78 is 33.7. The smallest absolute Gasteiger partial charge is 0.273 e. The van der Waals surface area contributed by atoms with Crippen LogP contribution in [0.25, 0.3) is 0 Å². The molecule has 0 aromatic carbocycles. The molecule has 3 atom stereocenters. The zero-order valence-corrected chi connectivity index (χ0v) is 18.7. The van der Waals surface area contributed by atoms with Crippen LogP contribution < -0.4 is 11.1 Å². The molecule has 5 rings (SSSR count). The molecule has 2 aliphatic heterocycles. The number of hydrogen-bond donors (Lipinski definition) is 2. The van der Waals surface area contributed by atoms with Gasteiger partial charge >= 0.3 is 0 Å². The van der Waals surface area contributed by atoms with Gasteiger partial charge in [-0.05, 0) is 64.2 Å². The highest BCUT2D eigenvalue weighted by atomic mass is 35.5. The molecule has 2 saturated carbocycles. The van der Waals surface area contributed by atoms with E-state index in [1.165, 1.54) is 0 Å². The van der Waals surface area contributed by atoms with E-state index in [1.54, 1.807) is 10.4 Å². The first-order valence-electron chi connectivity index (χ1n) is 11.0. The van der Waals surface area contributed by atoms with Crippen LogP contribution in [0.15, 0.2) is 10.6 Å². The van der Waals surface area contributed by atoms with Gasteiger partial charge in [0, 0.05) is 36.2 Å². The van der Waals surface area contributed by atoms with E-state index in [0.717, 1.165) is 44.3 Å². The van der Waals surface area contributed by atoms with E-state index in [2.05, 4.69) is 10.5 Å². The molecule has 2 bridgehead atoms. The average Bonchev–Trinajstić information content (AvgIpc) is 3.34. The zero-order chi connectivity index (χ0) is 20.2. The lowest BCUT2D eigenvalue weighted by Gasteiger charge is -2.40. The summed E-state index contributed by atoms with van der Waals surface area (Å²) in [6, 6.07) is 1.83. The number of halogens is 1. The number of piperidine rings is 1. The van der Waals surface area contributed by atoms with E-state index >= 15 is 0 Å².